The molecule has 1 heterocycles. The Morgan fingerprint density at radius 1 is 0.900 bits per heavy atom. The van der Waals surface area contributed by atoms with Crippen molar-refractivity contribution in [2.45, 2.75) is 12.8 Å². The zero-order valence-electron chi connectivity index (χ0n) is 16.8. The standard InChI is InChI=1S/C24H22N4O2/c1-17(18-13-15-21(30-2)16-14-18)22-23(24(29)25-19-9-5-3-6-10-19)27-28(26-22)20-11-7-4-8-12-20/h3-17H,1-2H3,(H,25,29). The second-order valence-electron chi connectivity index (χ2n) is 6.87. The summed E-state index contributed by atoms with van der Waals surface area (Å²) in [4.78, 5) is 14.6. The van der Waals surface area contributed by atoms with Crippen molar-refractivity contribution in [1.29, 1.82) is 0 Å². The third kappa shape index (κ3) is 4.07. The molecule has 6 heteroatoms. The highest BCUT2D eigenvalue weighted by atomic mass is 16.5. The van der Waals surface area contributed by atoms with Crippen LogP contribution in [0.4, 0.5) is 5.69 Å². The number of amides is 1. The van der Waals surface area contributed by atoms with Crippen LogP contribution in [0.1, 0.15) is 34.6 Å². The molecule has 0 radical (unpaired) electrons. The van der Waals surface area contributed by atoms with Crippen molar-refractivity contribution in [2.24, 2.45) is 0 Å². The number of hydrogen-bond acceptors (Lipinski definition) is 4. The largest absolute Gasteiger partial charge is 0.497 e. The number of carbonyl (C=O) groups excluding carboxylic acids is 1. The number of methoxy groups -OCH3 is 1. The molecule has 1 unspecified atom stereocenters. The Hall–Kier alpha value is -3.93. The van der Waals surface area contributed by atoms with Gasteiger partial charge in [-0.25, -0.2) is 0 Å². The van der Waals surface area contributed by atoms with Gasteiger partial charge in [0.25, 0.3) is 5.91 Å². The van der Waals surface area contributed by atoms with Crippen molar-refractivity contribution in [3.63, 3.8) is 0 Å². The highest BCUT2D eigenvalue weighted by molar-refractivity contribution is 6.03. The molecule has 0 saturated heterocycles. The number of ether oxygens (including phenoxy) is 1. The van der Waals surface area contributed by atoms with Gasteiger partial charge in [0.2, 0.25) is 0 Å². The summed E-state index contributed by atoms with van der Waals surface area (Å²) in [6.45, 7) is 2.01. The zero-order valence-corrected chi connectivity index (χ0v) is 16.8. The van der Waals surface area contributed by atoms with Gasteiger partial charge >= 0.3 is 0 Å². The van der Waals surface area contributed by atoms with Gasteiger partial charge in [-0.2, -0.15) is 9.90 Å². The maximum atomic E-state index is 13.1. The van der Waals surface area contributed by atoms with E-state index in [2.05, 4.69) is 15.5 Å². The molecule has 0 saturated carbocycles. The first-order valence-electron chi connectivity index (χ1n) is 9.68. The van der Waals surface area contributed by atoms with Crippen molar-refractivity contribution in [1.82, 2.24) is 15.0 Å². The molecule has 3 aromatic carbocycles. The molecule has 30 heavy (non-hydrogen) atoms. The smallest absolute Gasteiger partial charge is 0.278 e. The van der Waals surface area contributed by atoms with Crippen LogP contribution in [0.25, 0.3) is 5.69 Å². The Morgan fingerprint density at radius 3 is 2.17 bits per heavy atom. The summed E-state index contributed by atoms with van der Waals surface area (Å²) in [5.41, 5.74) is 3.42. The molecule has 4 rings (SSSR count). The van der Waals surface area contributed by atoms with Gasteiger partial charge in [-0.05, 0) is 42.0 Å². The molecular weight excluding hydrogens is 376 g/mol. The minimum atomic E-state index is -0.293. The molecular formula is C24H22N4O2. The Labute approximate surface area is 175 Å². The van der Waals surface area contributed by atoms with E-state index in [9.17, 15) is 4.79 Å². The summed E-state index contributed by atoms with van der Waals surface area (Å²) in [7, 11) is 1.63. The van der Waals surface area contributed by atoms with E-state index in [0.717, 1.165) is 17.0 Å². The molecule has 0 aliphatic heterocycles. The third-order valence-electron chi connectivity index (χ3n) is 4.90. The summed E-state index contributed by atoms with van der Waals surface area (Å²) >= 11 is 0. The third-order valence-corrected chi connectivity index (χ3v) is 4.90. The first-order valence-corrected chi connectivity index (χ1v) is 9.68. The van der Waals surface area contributed by atoms with Crippen LogP contribution >= 0.6 is 0 Å². The molecule has 1 atom stereocenters. The van der Waals surface area contributed by atoms with E-state index < -0.39 is 0 Å². The van der Waals surface area contributed by atoms with Crippen LogP contribution in [-0.2, 0) is 0 Å². The lowest BCUT2D eigenvalue weighted by atomic mass is 9.96. The van der Waals surface area contributed by atoms with Gasteiger partial charge in [-0.15, -0.1) is 5.10 Å². The molecule has 150 valence electrons. The van der Waals surface area contributed by atoms with Crippen molar-refractivity contribution < 1.29 is 9.53 Å². The minimum Gasteiger partial charge on any atom is -0.497 e. The van der Waals surface area contributed by atoms with Gasteiger partial charge in [0.15, 0.2) is 5.69 Å². The second-order valence-corrected chi connectivity index (χ2v) is 6.87. The summed E-state index contributed by atoms with van der Waals surface area (Å²) < 4.78 is 5.25. The molecule has 1 N–H and O–H groups in total. The monoisotopic (exact) mass is 398 g/mol. The normalized spacial score (nSPS) is 11.7. The number of carbonyl (C=O) groups is 1. The topological polar surface area (TPSA) is 69.0 Å². The van der Waals surface area contributed by atoms with E-state index in [1.54, 1.807) is 7.11 Å². The fourth-order valence-corrected chi connectivity index (χ4v) is 3.21. The summed E-state index contributed by atoms with van der Waals surface area (Å²) in [5, 5.41) is 12.1. The number of rotatable bonds is 6. The lowest BCUT2D eigenvalue weighted by molar-refractivity contribution is 0.102. The fraction of sp³-hybridized carbons (Fsp3) is 0.125. The Kier molecular flexibility index (Phi) is 5.57. The molecule has 6 nitrogen and oxygen atoms in total. The first-order chi connectivity index (χ1) is 14.7. The lowest BCUT2D eigenvalue weighted by Crippen LogP contribution is -2.16. The van der Waals surface area contributed by atoms with Crippen LogP contribution in [0, 0.1) is 0 Å². The van der Waals surface area contributed by atoms with Gasteiger partial charge < -0.3 is 10.1 Å². The molecule has 1 aromatic heterocycles. The average molecular weight is 398 g/mol. The number of nitrogens with zero attached hydrogens (tertiary/aromatic N) is 3. The number of para-hydroxylation sites is 2. The van der Waals surface area contributed by atoms with E-state index >= 15 is 0 Å². The fourth-order valence-electron chi connectivity index (χ4n) is 3.21. The van der Waals surface area contributed by atoms with E-state index in [4.69, 9.17) is 4.74 Å². The number of hydrogen-bond donors (Lipinski definition) is 1. The van der Waals surface area contributed by atoms with Gasteiger partial charge in [-0.3, -0.25) is 4.79 Å². The molecule has 4 aromatic rings. The highest BCUT2D eigenvalue weighted by Gasteiger charge is 2.25. The zero-order chi connectivity index (χ0) is 20.9. The number of nitrogens with one attached hydrogen (secondary N) is 1. The van der Waals surface area contributed by atoms with Crippen molar-refractivity contribution >= 4 is 11.6 Å². The quantitative estimate of drug-likeness (QED) is 0.512. The first kappa shape index (κ1) is 19.4. The lowest BCUT2D eigenvalue weighted by Gasteiger charge is -2.11. The maximum absolute atomic E-state index is 13.1. The van der Waals surface area contributed by atoms with E-state index in [-0.39, 0.29) is 11.8 Å². The van der Waals surface area contributed by atoms with Crippen LogP contribution in [0.2, 0.25) is 0 Å². The predicted octanol–water partition coefficient (Wildman–Crippen LogP) is 4.68. The van der Waals surface area contributed by atoms with Crippen LogP contribution in [0.5, 0.6) is 5.75 Å². The van der Waals surface area contributed by atoms with Crippen molar-refractivity contribution in [3.8, 4) is 11.4 Å². The molecule has 1 amide bonds. The average Bonchev–Trinajstić information content (AvgIpc) is 3.26. The Bertz CT molecular complexity index is 1120. The SMILES string of the molecule is COc1ccc(C(C)c2nn(-c3ccccc3)nc2C(=O)Nc2ccccc2)cc1. The van der Waals surface area contributed by atoms with Crippen LogP contribution in [0.15, 0.2) is 84.9 Å². The van der Waals surface area contributed by atoms with Gasteiger partial charge in [-0.1, -0.05) is 55.5 Å². The number of benzene rings is 3. The van der Waals surface area contributed by atoms with E-state index in [0.29, 0.717) is 17.1 Å². The van der Waals surface area contributed by atoms with Gasteiger partial charge in [0.1, 0.15) is 11.4 Å². The number of aromatic nitrogens is 3. The predicted molar refractivity (Wildman–Crippen MR) is 116 cm³/mol. The summed E-state index contributed by atoms with van der Waals surface area (Å²) in [5.74, 6) is 0.351. The van der Waals surface area contributed by atoms with E-state index in [1.165, 1.54) is 4.80 Å². The minimum absolute atomic E-state index is 0.134. The van der Waals surface area contributed by atoms with Crippen LogP contribution in [-0.4, -0.2) is 28.0 Å². The molecule has 0 spiro atoms. The summed E-state index contributed by atoms with van der Waals surface area (Å²) in [6, 6.07) is 26.6. The van der Waals surface area contributed by atoms with Gasteiger partial charge in [0, 0.05) is 11.6 Å². The van der Waals surface area contributed by atoms with Crippen LogP contribution < -0.4 is 10.1 Å². The molecule has 0 aliphatic rings. The van der Waals surface area contributed by atoms with E-state index in [1.807, 2.05) is 91.9 Å². The Morgan fingerprint density at radius 2 is 1.53 bits per heavy atom. The highest BCUT2D eigenvalue weighted by Crippen LogP contribution is 2.27. The van der Waals surface area contributed by atoms with Crippen LogP contribution in [0.3, 0.4) is 0 Å². The number of anilines is 1. The maximum Gasteiger partial charge on any atom is 0.278 e. The summed E-state index contributed by atoms with van der Waals surface area (Å²) in [6.07, 6.45) is 0. The second kappa shape index (κ2) is 8.61. The van der Waals surface area contributed by atoms with Gasteiger partial charge in [0.05, 0.1) is 12.8 Å². The molecule has 0 bridgehead atoms. The molecule has 0 fully saturated rings. The Balaban J connectivity index is 1.73. The van der Waals surface area contributed by atoms with Crippen molar-refractivity contribution in [2.75, 3.05) is 12.4 Å². The van der Waals surface area contributed by atoms with Crippen molar-refractivity contribution in [3.05, 3.63) is 102 Å². The molecule has 0 aliphatic carbocycles.